The Bertz CT molecular complexity index is 87.1. The molecular formula is C6H13NO2. The Labute approximate surface area is 54.9 Å². The summed E-state index contributed by atoms with van der Waals surface area (Å²) in [4.78, 5) is 1.89. The van der Waals surface area contributed by atoms with Gasteiger partial charge in [0.1, 0.15) is 6.23 Å². The van der Waals surface area contributed by atoms with Gasteiger partial charge in [-0.25, -0.2) is 0 Å². The Morgan fingerprint density at radius 1 is 1.56 bits per heavy atom. The fraction of sp³-hybridized carbons (Fsp3) is 1.00. The Hall–Kier alpha value is -0.120. The van der Waals surface area contributed by atoms with E-state index >= 15 is 0 Å². The van der Waals surface area contributed by atoms with Crippen LogP contribution in [0.3, 0.4) is 0 Å². The fourth-order valence-electron chi connectivity index (χ4n) is 1.20. The highest BCUT2D eigenvalue weighted by Gasteiger charge is 2.20. The molecule has 0 spiro atoms. The average molecular weight is 131 g/mol. The van der Waals surface area contributed by atoms with Gasteiger partial charge < -0.3 is 10.2 Å². The SMILES string of the molecule is OCCN1CCC[C@@H]1O. The van der Waals surface area contributed by atoms with Crippen LogP contribution in [-0.4, -0.2) is 41.0 Å². The Balaban J connectivity index is 2.22. The van der Waals surface area contributed by atoms with Gasteiger partial charge in [0.25, 0.3) is 0 Å². The van der Waals surface area contributed by atoms with Crippen LogP contribution in [0.4, 0.5) is 0 Å². The summed E-state index contributed by atoms with van der Waals surface area (Å²) in [5, 5.41) is 17.6. The second kappa shape index (κ2) is 3.15. The van der Waals surface area contributed by atoms with Gasteiger partial charge in [0.2, 0.25) is 0 Å². The van der Waals surface area contributed by atoms with Crippen LogP contribution in [0.5, 0.6) is 0 Å². The number of β-amino-alcohol motifs (C(OH)–C–C–N with tert-alkyl or cyclic N) is 1. The van der Waals surface area contributed by atoms with Gasteiger partial charge in [0, 0.05) is 13.1 Å². The maximum absolute atomic E-state index is 9.13. The van der Waals surface area contributed by atoms with Gasteiger partial charge in [-0.1, -0.05) is 0 Å². The molecule has 1 aliphatic rings. The predicted molar refractivity (Wildman–Crippen MR) is 33.9 cm³/mol. The van der Waals surface area contributed by atoms with E-state index in [-0.39, 0.29) is 12.8 Å². The lowest BCUT2D eigenvalue weighted by atomic mass is 10.4. The van der Waals surface area contributed by atoms with Crippen molar-refractivity contribution in [2.45, 2.75) is 19.1 Å². The standard InChI is InChI=1S/C6H13NO2/c8-5-4-7-3-1-2-6(7)9/h6,8-9H,1-5H2/t6-/m0/s1. The molecule has 0 aromatic rings. The van der Waals surface area contributed by atoms with Crippen LogP contribution in [-0.2, 0) is 0 Å². The maximum Gasteiger partial charge on any atom is 0.107 e. The van der Waals surface area contributed by atoms with Crippen LogP contribution in [0, 0.1) is 0 Å². The average Bonchev–Trinajstić information content (AvgIpc) is 2.18. The summed E-state index contributed by atoms with van der Waals surface area (Å²) in [7, 11) is 0. The number of aliphatic hydroxyl groups excluding tert-OH is 2. The molecule has 1 rings (SSSR count). The van der Waals surface area contributed by atoms with Crippen molar-refractivity contribution in [3.05, 3.63) is 0 Å². The maximum atomic E-state index is 9.13. The molecule has 0 aliphatic carbocycles. The lowest BCUT2D eigenvalue weighted by Crippen LogP contribution is -2.31. The third-order valence-corrected chi connectivity index (χ3v) is 1.72. The van der Waals surface area contributed by atoms with Crippen LogP contribution in [0.15, 0.2) is 0 Å². The van der Waals surface area contributed by atoms with E-state index in [1.54, 1.807) is 0 Å². The first kappa shape index (κ1) is 6.99. The molecule has 54 valence electrons. The predicted octanol–water partition coefficient (Wildman–Crippen LogP) is -0.607. The normalized spacial score (nSPS) is 29.3. The second-order valence-corrected chi connectivity index (χ2v) is 2.38. The molecular weight excluding hydrogens is 118 g/mol. The summed E-state index contributed by atoms with van der Waals surface area (Å²) in [5.74, 6) is 0. The summed E-state index contributed by atoms with van der Waals surface area (Å²) >= 11 is 0. The number of aliphatic hydroxyl groups is 2. The van der Waals surface area contributed by atoms with Crippen LogP contribution in [0.1, 0.15) is 12.8 Å². The molecule has 2 N–H and O–H groups in total. The van der Waals surface area contributed by atoms with E-state index in [0.29, 0.717) is 6.54 Å². The number of hydrogen-bond acceptors (Lipinski definition) is 3. The van der Waals surface area contributed by atoms with Gasteiger partial charge in [-0.3, -0.25) is 4.90 Å². The van der Waals surface area contributed by atoms with Crippen LogP contribution in [0.2, 0.25) is 0 Å². The van der Waals surface area contributed by atoms with E-state index in [4.69, 9.17) is 10.2 Å². The molecule has 0 bridgehead atoms. The minimum Gasteiger partial charge on any atom is -0.395 e. The van der Waals surface area contributed by atoms with Crippen LogP contribution >= 0.6 is 0 Å². The van der Waals surface area contributed by atoms with Crippen molar-refractivity contribution < 1.29 is 10.2 Å². The van der Waals surface area contributed by atoms with Gasteiger partial charge in [-0.15, -0.1) is 0 Å². The Kier molecular flexibility index (Phi) is 2.45. The number of likely N-dealkylation sites (tertiary alicyclic amines) is 1. The molecule has 0 amide bonds. The number of hydrogen-bond donors (Lipinski definition) is 2. The molecule has 0 radical (unpaired) electrons. The van der Waals surface area contributed by atoms with Gasteiger partial charge in [-0.2, -0.15) is 0 Å². The molecule has 1 fully saturated rings. The third kappa shape index (κ3) is 1.64. The number of nitrogens with zero attached hydrogens (tertiary/aromatic N) is 1. The lowest BCUT2D eigenvalue weighted by Gasteiger charge is -2.17. The largest absolute Gasteiger partial charge is 0.395 e. The summed E-state index contributed by atoms with van der Waals surface area (Å²) in [6.45, 7) is 1.69. The zero-order valence-corrected chi connectivity index (χ0v) is 5.45. The highest BCUT2D eigenvalue weighted by Crippen LogP contribution is 2.12. The highest BCUT2D eigenvalue weighted by molar-refractivity contribution is 4.69. The molecule has 1 saturated heterocycles. The third-order valence-electron chi connectivity index (χ3n) is 1.72. The molecule has 1 heterocycles. The van der Waals surface area contributed by atoms with Crippen LogP contribution < -0.4 is 0 Å². The topological polar surface area (TPSA) is 43.7 Å². The molecule has 0 unspecified atom stereocenters. The first-order chi connectivity index (χ1) is 4.34. The minimum absolute atomic E-state index is 0.150. The molecule has 3 heteroatoms. The van der Waals surface area contributed by atoms with Crippen molar-refractivity contribution >= 4 is 0 Å². The Morgan fingerprint density at radius 2 is 2.33 bits per heavy atom. The highest BCUT2D eigenvalue weighted by atomic mass is 16.3. The van der Waals surface area contributed by atoms with Crippen molar-refractivity contribution in [3.63, 3.8) is 0 Å². The molecule has 9 heavy (non-hydrogen) atoms. The quantitative estimate of drug-likeness (QED) is 0.525. The van der Waals surface area contributed by atoms with E-state index in [9.17, 15) is 0 Å². The van der Waals surface area contributed by atoms with Crippen molar-refractivity contribution in [1.29, 1.82) is 0 Å². The summed E-state index contributed by atoms with van der Waals surface area (Å²) < 4.78 is 0. The van der Waals surface area contributed by atoms with Gasteiger partial charge in [0.15, 0.2) is 0 Å². The van der Waals surface area contributed by atoms with Crippen LogP contribution in [0.25, 0.3) is 0 Å². The van der Waals surface area contributed by atoms with E-state index < -0.39 is 0 Å². The molecule has 0 aromatic heterocycles. The summed E-state index contributed by atoms with van der Waals surface area (Å²) in [6.07, 6.45) is 1.62. The van der Waals surface area contributed by atoms with E-state index in [2.05, 4.69) is 0 Å². The first-order valence-electron chi connectivity index (χ1n) is 3.37. The van der Waals surface area contributed by atoms with E-state index in [1.807, 2.05) is 4.90 Å². The minimum atomic E-state index is -0.294. The molecule has 3 nitrogen and oxygen atoms in total. The van der Waals surface area contributed by atoms with Crippen molar-refractivity contribution in [2.75, 3.05) is 19.7 Å². The summed E-state index contributed by atoms with van der Waals surface area (Å²) in [6, 6.07) is 0. The molecule has 1 aliphatic heterocycles. The van der Waals surface area contributed by atoms with Crippen molar-refractivity contribution in [3.8, 4) is 0 Å². The zero-order chi connectivity index (χ0) is 6.69. The smallest absolute Gasteiger partial charge is 0.107 e. The van der Waals surface area contributed by atoms with E-state index in [0.717, 1.165) is 19.4 Å². The monoisotopic (exact) mass is 131 g/mol. The molecule has 1 atom stereocenters. The first-order valence-corrected chi connectivity index (χ1v) is 3.37. The lowest BCUT2D eigenvalue weighted by molar-refractivity contribution is 0.0277. The second-order valence-electron chi connectivity index (χ2n) is 2.38. The Morgan fingerprint density at radius 3 is 2.78 bits per heavy atom. The van der Waals surface area contributed by atoms with Gasteiger partial charge in [0.05, 0.1) is 6.61 Å². The molecule has 0 saturated carbocycles. The van der Waals surface area contributed by atoms with E-state index in [1.165, 1.54) is 0 Å². The van der Waals surface area contributed by atoms with Crippen molar-refractivity contribution in [2.24, 2.45) is 0 Å². The van der Waals surface area contributed by atoms with Gasteiger partial charge in [-0.05, 0) is 12.8 Å². The number of rotatable bonds is 2. The van der Waals surface area contributed by atoms with Gasteiger partial charge >= 0.3 is 0 Å². The van der Waals surface area contributed by atoms with Crippen molar-refractivity contribution in [1.82, 2.24) is 4.90 Å². The molecule has 0 aromatic carbocycles. The fourth-order valence-corrected chi connectivity index (χ4v) is 1.20. The zero-order valence-electron chi connectivity index (χ0n) is 5.45. The summed E-state index contributed by atoms with van der Waals surface area (Å²) in [5.41, 5.74) is 0.